The lowest BCUT2D eigenvalue weighted by molar-refractivity contribution is -0.109. The van der Waals surface area contributed by atoms with Crippen LogP contribution in [0.2, 0.25) is 0 Å². The Balaban J connectivity index is 2.91. The van der Waals surface area contributed by atoms with Crippen molar-refractivity contribution in [1.82, 2.24) is 4.98 Å². The van der Waals surface area contributed by atoms with Crippen LogP contribution in [0.25, 0.3) is 0 Å². The zero-order valence-electron chi connectivity index (χ0n) is 10.1. The number of aromatic nitrogens is 1. The Kier molecular flexibility index (Phi) is 5.28. The topological polar surface area (TPSA) is 134 Å². The summed E-state index contributed by atoms with van der Waals surface area (Å²) in [4.78, 5) is 25.2. The zero-order valence-corrected chi connectivity index (χ0v) is 10.9. The lowest BCUT2D eigenvalue weighted by atomic mass is 10.0. The summed E-state index contributed by atoms with van der Waals surface area (Å²) in [6, 6.07) is 1.15. The number of aliphatic hydroxyl groups excluding tert-OH is 2. The second kappa shape index (κ2) is 6.50. The van der Waals surface area contributed by atoms with Gasteiger partial charge in [-0.15, -0.1) is 0 Å². The van der Waals surface area contributed by atoms with Gasteiger partial charge in [0.15, 0.2) is 5.12 Å². The second-order valence-corrected chi connectivity index (χ2v) is 5.02. The van der Waals surface area contributed by atoms with E-state index in [9.17, 15) is 19.8 Å². The minimum absolute atomic E-state index is 0.0206. The van der Waals surface area contributed by atoms with Crippen LogP contribution in [0, 0.1) is 0 Å². The zero-order chi connectivity index (χ0) is 14.6. The summed E-state index contributed by atoms with van der Waals surface area (Å²) in [5, 5.41) is 28.2. The SMILES string of the molecule is CC(=O)SCC(O)C(O)c1cc(C(=O)O)cnc1N. The van der Waals surface area contributed by atoms with Gasteiger partial charge in [-0.3, -0.25) is 4.79 Å². The van der Waals surface area contributed by atoms with Crippen molar-refractivity contribution in [3.63, 3.8) is 0 Å². The minimum Gasteiger partial charge on any atom is -0.478 e. The van der Waals surface area contributed by atoms with Crippen molar-refractivity contribution < 1.29 is 24.9 Å². The average Bonchev–Trinajstić information content (AvgIpc) is 2.35. The van der Waals surface area contributed by atoms with Gasteiger partial charge in [0.1, 0.15) is 11.9 Å². The van der Waals surface area contributed by atoms with E-state index in [2.05, 4.69) is 4.98 Å². The van der Waals surface area contributed by atoms with Crippen LogP contribution in [0.15, 0.2) is 12.3 Å². The maximum absolute atomic E-state index is 10.8. The number of anilines is 1. The summed E-state index contributed by atoms with van der Waals surface area (Å²) in [6.45, 7) is 1.34. The Morgan fingerprint density at radius 2 is 2.11 bits per heavy atom. The first-order chi connectivity index (χ1) is 8.82. The summed E-state index contributed by atoms with van der Waals surface area (Å²) in [5.74, 6) is -1.30. The number of aromatic carboxylic acids is 1. The van der Waals surface area contributed by atoms with E-state index in [4.69, 9.17) is 10.8 Å². The summed E-state index contributed by atoms with van der Waals surface area (Å²) in [7, 11) is 0. The molecule has 5 N–H and O–H groups in total. The monoisotopic (exact) mass is 286 g/mol. The predicted molar refractivity (Wildman–Crippen MR) is 69.7 cm³/mol. The van der Waals surface area contributed by atoms with Gasteiger partial charge in [0.05, 0.1) is 11.7 Å². The van der Waals surface area contributed by atoms with Crippen LogP contribution >= 0.6 is 11.8 Å². The molecule has 7 nitrogen and oxygen atoms in total. The first-order valence-corrected chi connectivity index (χ1v) is 6.29. The molecule has 0 aliphatic heterocycles. The van der Waals surface area contributed by atoms with E-state index < -0.39 is 18.2 Å². The summed E-state index contributed by atoms with van der Waals surface area (Å²) in [6.07, 6.45) is -1.59. The van der Waals surface area contributed by atoms with Crippen LogP contribution in [-0.4, -0.2) is 43.2 Å². The number of pyridine rings is 1. The number of nitrogen functional groups attached to an aromatic ring is 1. The molecule has 2 atom stereocenters. The third-order valence-electron chi connectivity index (χ3n) is 2.34. The smallest absolute Gasteiger partial charge is 0.337 e. The minimum atomic E-state index is -1.40. The molecule has 0 saturated heterocycles. The Morgan fingerprint density at radius 3 is 2.63 bits per heavy atom. The van der Waals surface area contributed by atoms with Crippen molar-refractivity contribution in [2.24, 2.45) is 0 Å². The largest absolute Gasteiger partial charge is 0.478 e. The highest BCUT2D eigenvalue weighted by molar-refractivity contribution is 8.13. The van der Waals surface area contributed by atoms with Crippen molar-refractivity contribution in [3.05, 3.63) is 23.4 Å². The van der Waals surface area contributed by atoms with Crippen molar-refractivity contribution in [2.75, 3.05) is 11.5 Å². The fraction of sp³-hybridized carbons (Fsp3) is 0.364. The van der Waals surface area contributed by atoms with Gasteiger partial charge in [0, 0.05) is 24.4 Å². The molecule has 0 aromatic carbocycles. The number of rotatable bonds is 5. The van der Waals surface area contributed by atoms with Crippen molar-refractivity contribution in [1.29, 1.82) is 0 Å². The Bertz CT molecular complexity index is 494. The van der Waals surface area contributed by atoms with Gasteiger partial charge >= 0.3 is 5.97 Å². The molecule has 0 bridgehead atoms. The molecule has 0 saturated carbocycles. The number of hydrogen-bond donors (Lipinski definition) is 4. The molecule has 1 rings (SSSR count). The first-order valence-electron chi connectivity index (χ1n) is 5.31. The lowest BCUT2D eigenvalue weighted by Gasteiger charge is -2.18. The lowest BCUT2D eigenvalue weighted by Crippen LogP contribution is -2.23. The van der Waals surface area contributed by atoms with Crippen LogP contribution in [0.1, 0.15) is 28.9 Å². The third kappa shape index (κ3) is 4.19. The number of carbonyl (C=O) groups is 2. The maximum atomic E-state index is 10.8. The number of carboxylic acids is 1. The quantitative estimate of drug-likeness (QED) is 0.596. The molecule has 0 aliphatic rings. The molecule has 104 valence electrons. The molecule has 19 heavy (non-hydrogen) atoms. The highest BCUT2D eigenvalue weighted by atomic mass is 32.2. The van der Waals surface area contributed by atoms with Crippen LogP contribution in [0.4, 0.5) is 5.82 Å². The van der Waals surface area contributed by atoms with Crippen molar-refractivity contribution in [3.8, 4) is 0 Å². The number of hydrogen-bond acceptors (Lipinski definition) is 7. The molecule has 0 aliphatic carbocycles. The van der Waals surface area contributed by atoms with Crippen LogP contribution in [0.5, 0.6) is 0 Å². The maximum Gasteiger partial charge on any atom is 0.337 e. The molecule has 8 heteroatoms. The van der Waals surface area contributed by atoms with Crippen molar-refractivity contribution in [2.45, 2.75) is 19.1 Å². The molecule has 0 amide bonds. The Hall–Kier alpha value is -1.64. The molecule has 1 aromatic rings. The third-order valence-corrected chi connectivity index (χ3v) is 3.25. The van der Waals surface area contributed by atoms with E-state index in [-0.39, 0.29) is 27.8 Å². The Morgan fingerprint density at radius 1 is 1.47 bits per heavy atom. The average molecular weight is 286 g/mol. The van der Waals surface area contributed by atoms with Gasteiger partial charge in [0.25, 0.3) is 0 Å². The molecule has 0 fully saturated rings. The summed E-state index contributed by atoms with van der Waals surface area (Å²) >= 11 is 0.852. The van der Waals surface area contributed by atoms with Gasteiger partial charge < -0.3 is 21.1 Å². The Labute approximate surface area is 113 Å². The fourth-order valence-corrected chi connectivity index (χ4v) is 1.94. The number of carboxylic acid groups (broad SMARTS) is 1. The van der Waals surface area contributed by atoms with E-state index in [0.29, 0.717) is 0 Å². The van der Waals surface area contributed by atoms with Crippen molar-refractivity contribution >= 4 is 28.7 Å². The van der Waals surface area contributed by atoms with E-state index in [1.54, 1.807) is 0 Å². The number of nitrogens with two attached hydrogens (primary N) is 1. The summed E-state index contributed by atoms with van der Waals surface area (Å²) < 4.78 is 0. The normalized spacial score (nSPS) is 13.8. The van der Waals surface area contributed by atoms with E-state index >= 15 is 0 Å². The van der Waals surface area contributed by atoms with Gasteiger partial charge in [0.2, 0.25) is 0 Å². The van der Waals surface area contributed by atoms with E-state index in [1.165, 1.54) is 6.92 Å². The number of aliphatic hydroxyl groups is 2. The molecule has 1 aromatic heterocycles. The number of carbonyl (C=O) groups excluding carboxylic acids is 1. The highest BCUT2D eigenvalue weighted by Gasteiger charge is 2.23. The van der Waals surface area contributed by atoms with E-state index in [0.717, 1.165) is 24.0 Å². The van der Waals surface area contributed by atoms with Gasteiger partial charge in [-0.05, 0) is 6.07 Å². The van der Waals surface area contributed by atoms with Crippen LogP contribution in [0.3, 0.4) is 0 Å². The van der Waals surface area contributed by atoms with E-state index in [1.807, 2.05) is 0 Å². The highest BCUT2D eigenvalue weighted by Crippen LogP contribution is 2.24. The van der Waals surface area contributed by atoms with Gasteiger partial charge in [-0.2, -0.15) is 0 Å². The molecular formula is C11H14N2O5S. The molecule has 0 spiro atoms. The van der Waals surface area contributed by atoms with Gasteiger partial charge in [-0.1, -0.05) is 11.8 Å². The van der Waals surface area contributed by atoms with Gasteiger partial charge in [-0.25, -0.2) is 9.78 Å². The molecule has 2 unspecified atom stereocenters. The number of nitrogens with zero attached hydrogens (tertiary/aromatic N) is 1. The van der Waals surface area contributed by atoms with Crippen LogP contribution < -0.4 is 5.73 Å². The molecular weight excluding hydrogens is 272 g/mol. The number of thioether (sulfide) groups is 1. The second-order valence-electron chi connectivity index (χ2n) is 3.82. The standard InChI is InChI=1S/C11H14N2O5S/c1-5(14)19-4-8(15)9(16)7-2-6(11(17)18)3-13-10(7)12/h2-3,8-9,15-16H,4H2,1H3,(H2,12,13)(H,17,18). The van der Waals surface area contributed by atoms with Crippen LogP contribution in [-0.2, 0) is 4.79 Å². The summed E-state index contributed by atoms with van der Waals surface area (Å²) in [5.41, 5.74) is 5.42. The molecule has 1 heterocycles. The first kappa shape index (κ1) is 15.4. The predicted octanol–water partition coefficient (Wildman–Crippen LogP) is 0.0360. The molecule has 0 radical (unpaired) electrons. The fourth-order valence-electron chi connectivity index (χ4n) is 1.35.